The summed E-state index contributed by atoms with van der Waals surface area (Å²) in [7, 11) is 0. The minimum atomic E-state index is -1.06. The van der Waals surface area contributed by atoms with Gasteiger partial charge in [-0.2, -0.15) is 0 Å². The highest BCUT2D eigenvalue weighted by atomic mass is 35.5. The molecule has 1 aromatic heterocycles. The third-order valence-electron chi connectivity index (χ3n) is 4.39. The summed E-state index contributed by atoms with van der Waals surface area (Å²) in [5, 5.41) is 10.6. The predicted molar refractivity (Wildman–Crippen MR) is 102 cm³/mol. The van der Waals surface area contributed by atoms with Gasteiger partial charge in [0.15, 0.2) is 0 Å². The van der Waals surface area contributed by atoms with Gasteiger partial charge in [0.2, 0.25) is 0 Å². The van der Waals surface area contributed by atoms with Gasteiger partial charge in [0.1, 0.15) is 5.82 Å². The van der Waals surface area contributed by atoms with E-state index in [4.69, 9.17) is 28.3 Å². The summed E-state index contributed by atoms with van der Waals surface area (Å²) >= 11 is 12.2. The lowest BCUT2D eigenvalue weighted by Crippen LogP contribution is -2.21. The van der Waals surface area contributed by atoms with E-state index < -0.39 is 5.97 Å². The van der Waals surface area contributed by atoms with Gasteiger partial charge in [-0.3, -0.25) is 9.36 Å². The molecule has 4 rings (SSSR count). The SMILES string of the molecule is O=C(O)c1ccc2c(=O)n3c(nc2c1)/C(=C/c1ccc(Cl)cc1Cl)CC3. The van der Waals surface area contributed by atoms with Crippen molar-refractivity contribution in [1.82, 2.24) is 9.55 Å². The zero-order valence-corrected chi connectivity index (χ0v) is 14.9. The van der Waals surface area contributed by atoms with Crippen LogP contribution in [0.2, 0.25) is 10.0 Å². The van der Waals surface area contributed by atoms with Crippen molar-refractivity contribution in [1.29, 1.82) is 0 Å². The number of carboxylic acid groups (broad SMARTS) is 1. The summed E-state index contributed by atoms with van der Waals surface area (Å²) in [5.41, 5.74) is 1.95. The average molecular weight is 387 g/mol. The van der Waals surface area contributed by atoms with Gasteiger partial charge in [0, 0.05) is 16.6 Å². The highest BCUT2D eigenvalue weighted by molar-refractivity contribution is 6.35. The van der Waals surface area contributed by atoms with Gasteiger partial charge < -0.3 is 5.11 Å². The Balaban J connectivity index is 1.90. The van der Waals surface area contributed by atoms with E-state index in [1.807, 2.05) is 12.1 Å². The summed E-state index contributed by atoms with van der Waals surface area (Å²) in [6.45, 7) is 0.523. The standard InChI is InChI=1S/C19H12Cl2N2O3/c20-13-3-1-10(15(21)9-13)7-11-5-6-23-17(11)22-16-8-12(19(25)26)2-4-14(16)18(23)24/h1-4,7-9H,5-6H2,(H,25,26)/b11-7+. The van der Waals surface area contributed by atoms with E-state index in [0.29, 0.717) is 39.7 Å². The summed E-state index contributed by atoms with van der Waals surface area (Å²) in [4.78, 5) is 28.4. The van der Waals surface area contributed by atoms with Gasteiger partial charge in [-0.05, 0) is 54.0 Å². The molecule has 0 spiro atoms. The van der Waals surface area contributed by atoms with E-state index in [1.165, 1.54) is 18.2 Å². The molecule has 26 heavy (non-hydrogen) atoms. The zero-order chi connectivity index (χ0) is 18.4. The van der Waals surface area contributed by atoms with Crippen LogP contribution in [-0.4, -0.2) is 20.6 Å². The number of aromatic nitrogens is 2. The Labute approximate surface area is 158 Å². The highest BCUT2D eigenvalue weighted by Gasteiger charge is 2.21. The first-order chi connectivity index (χ1) is 12.4. The molecule has 0 saturated heterocycles. The average Bonchev–Trinajstić information content (AvgIpc) is 3.00. The van der Waals surface area contributed by atoms with Crippen LogP contribution in [0.1, 0.15) is 28.2 Å². The zero-order valence-electron chi connectivity index (χ0n) is 13.4. The maximum Gasteiger partial charge on any atom is 0.335 e. The number of carboxylic acids is 1. The fourth-order valence-corrected chi connectivity index (χ4v) is 3.56. The lowest BCUT2D eigenvalue weighted by molar-refractivity contribution is 0.0697. The Morgan fingerprint density at radius 1 is 1.19 bits per heavy atom. The maximum atomic E-state index is 12.7. The molecular weight excluding hydrogens is 375 g/mol. The van der Waals surface area contributed by atoms with E-state index in [9.17, 15) is 9.59 Å². The number of carbonyl (C=O) groups is 1. The molecular formula is C19H12Cl2N2O3. The van der Waals surface area contributed by atoms with Crippen molar-refractivity contribution >= 4 is 51.7 Å². The molecule has 1 aliphatic heterocycles. The Morgan fingerprint density at radius 3 is 2.73 bits per heavy atom. The van der Waals surface area contributed by atoms with Crippen molar-refractivity contribution in [3.8, 4) is 0 Å². The number of hydrogen-bond acceptors (Lipinski definition) is 3. The van der Waals surface area contributed by atoms with E-state index in [2.05, 4.69) is 4.98 Å². The van der Waals surface area contributed by atoms with E-state index in [0.717, 1.165) is 11.1 Å². The fraction of sp³-hybridized carbons (Fsp3) is 0.105. The summed E-state index contributed by atoms with van der Waals surface area (Å²) in [6, 6.07) is 9.56. The predicted octanol–water partition coefficient (Wildman–Crippen LogP) is 4.35. The van der Waals surface area contributed by atoms with Crippen LogP contribution in [0, 0.1) is 0 Å². The number of benzene rings is 2. The maximum absolute atomic E-state index is 12.7. The van der Waals surface area contributed by atoms with Crippen molar-refractivity contribution in [3.63, 3.8) is 0 Å². The largest absolute Gasteiger partial charge is 0.478 e. The Morgan fingerprint density at radius 2 is 2.00 bits per heavy atom. The van der Waals surface area contributed by atoms with Gasteiger partial charge >= 0.3 is 5.97 Å². The van der Waals surface area contributed by atoms with Gasteiger partial charge in [0.25, 0.3) is 5.56 Å². The quantitative estimate of drug-likeness (QED) is 0.710. The van der Waals surface area contributed by atoms with Crippen LogP contribution in [0.3, 0.4) is 0 Å². The smallest absolute Gasteiger partial charge is 0.335 e. The number of fused-ring (bicyclic) bond motifs is 2. The van der Waals surface area contributed by atoms with Crippen molar-refractivity contribution in [2.45, 2.75) is 13.0 Å². The van der Waals surface area contributed by atoms with Gasteiger partial charge in [-0.15, -0.1) is 0 Å². The fourth-order valence-electron chi connectivity index (χ4n) is 3.09. The topological polar surface area (TPSA) is 72.2 Å². The lowest BCUT2D eigenvalue weighted by atomic mass is 10.1. The highest BCUT2D eigenvalue weighted by Crippen LogP contribution is 2.30. The van der Waals surface area contributed by atoms with Crippen molar-refractivity contribution < 1.29 is 9.90 Å². The molecule has 0 amide bonds. The van der Waals surface area contributed by atoms with Crippen LogP contribution in [0.4, 0.5) is 0 Å². The third-order valence-corrected chi connectivity index (χ3v) is 4.95. The molecule has 0 aliphatic carbocycles. The minimum Gasteiger partial charge on any atom is -0.478 e. The molecule has 0 saturated carbocycles. The second kappa shape index (κ2) is 6.27. The van der Waals surface area contributed by atoms with Gasteiger partial charge in [-0.1, -0.05) is 29.3 Å². The Kier molecular flexibility index (Phi) is 4.05. The normalized spacial score (nSPS) is 14.8. The molecule has 1 N–H and O–H groups in total. The van der Waals surface area contributed by atoms with E-state index >= 15 is 0 Å². The lowest BCUT2D eigenvalue weighted by Gasteiger charge is -2.07. The Bertz CT molecular complexity index is 1170. The molecule has 0 unspecified atom stereocenters. The van der Waals surface area contributed by atoms with E-state index in [-0.39, 0.29) is 11.1 Å². The van der Waals surface area contributed by atoms with Crippen molar-refractivity contribution in [3.05, 3.63) is 73.7 Å². The van der Waals surface area contributed by atoms with Crippen LogP contribution in [0.5, 0.6) is 0 Å². The first kappa shape index (κ1) is 16.8. The Hall–Kier alpha value is -2.63. The first-order valence-electron chi connectivity index (χ1n) is 7.88. The molecule has 2 heterocycles. The van der Waals surface area contributed by atoms with E-state index in [1.54, 1.807) is 16.7 Å². The molecule has 7 heteroatoms. The summed E-state index contributed by atoms with van der Waals surface area (Å²) in [6.07, 6.45) is 2.53. The summed E-state index contributed by atoms with van der Waals surface area (Å²) < 4.78 is 1.61. The molecule has 5 nitrogen and oxygen atoms in total. The molecule has 0 fully saturated rings. The van der Waals surface area contributed by atoms with Crippen LogP contribution in [0.25, 0.3) is 22.6 Å². The number of rotatable bonds is 2. The second-order valence-corrected chi connectivity index (χ2v) is 6.86. The third kappa shape index (κ3) is 2.79. The van der Waals surface area contributed by atoms with Gasteiger partial charge in [0.05, 0.1) is 16.5 Å². The number of hydrogen-bond donors (Lipinski definition) is 1. The van der Waals surface area contributed by atoms with Crippen LogP contribution in [-0.2, 0) is 6.54 Å². The molecule has 2 aromatic carbocycles. The molecule has 3 aromatic rings. The van der Waals surface area contributed by atoms with Crippen molar-refractivity contribution in [2.24, 2.45) is 0 Å². The van der Waals surface area contributed by atoms with Crippen LogP contribution in [0.15, 0.2) is 41.2 Å². The summed E-state index contributed by atoms with van der Waals surface area (Å²) in [5.74, 6) is -0.519. The number of allylic oxidation sites excluding steroid dienone is 1. The van der Waals surface area contributed by atoms with Crippen LogP contribution >= 0.6 is 23.2 Å². The molecule has 0 bridgehead atoms. The molecule has 0 radical (unpaired) electrons. The minimum absolute atomic E-state index is 0.0959. The monoisotopic (exact) mass is 386 g/mol. The molecule has 130 valence electrons. The number of halogens is 2. The number of nitrogens with zero attached hydrogens (tertiary/aromatic N) is 2. The van der Waals surface area contributed by atoms with Crippen molar-refractivity contribution in [2.75, 3.05) is 0 Å². The molecule has 1 aliphatic rings. The second-order valence-electron chi connectivity index (χ2n) is 6.01. The number of aromatic carboxylic acids is 1. The van der Waals surface area contributed by atoms with Crippen LogP contribution < -0.4 is 5.56 Å². The molecule has 0 atom stereocenters. The first-order valence-corrected chi connectivity index (χ1v) is 8.63. The van der Waals surface area contributed by atoms with Gasteiger partial charge in [-0.25, -0.2) is 9.78 Å².